The first-order chi connectivity index (χ1) is 16.9. The zero-order valence-corrected chi connectivity index (χ0v) is 20.1. The van der Waals surface area contributed by atoms with Crippen molar-refractivity contribution in [3.63, 3.8) is 0 Å². The van der Waals surface area contributed by atoms with Crippen LogP contribution < -0.4 is 10.6 Å². The van der Waals surface area contributed by atoms with E-state index in [0.717, 1.165) is 16.3 Å². The Labute approximate surface area is 205 Å². The highest BCUT2D eigenvalue weighted by Crippen LogP contribution is 2.16. The fourth-order valence-corrected chi connectivity index (χ4v) is 4.30. The van der Waals surface area contributed by atoms with E-state index in [9.17, 15) is 14.4 Å². The molecule has 0 bridgehead atoms. The number of benzene rings is 3. The first-order valence-corrected chi connectivity index (χ1v) is 12.0. The number of amides is 3. The number of nitrogens with zero attached hydrogens (tertiary/aromatic N) is 1. The predicted octanol–water partition coefficient (Wildman–Crippen LogP) is 3.53. The highest BCUT2D eigenvalue weighted by Gasteiger charge is 2.26. The van der Waals surface area contributed by atoms with Crippen LogP contribution in [0.25, 0.3) is 10.8 Å². The third-order valence-electron chi connectivity index (χ3n) is 6.05. The lowest BCUT2D eigenvalue weighted by Gasteiger charge is -2.35. The smallest absolute Gasteiger partial charge is 0.254 e. The minimum Gasteiger partial charge on any atom is -0.372 e. The summed E-state index contributed by atoms with van der Waals surface area (Å²) in [6.07, 6.45) is 0.229. The van der Waals surface area contributed by atoms with E-state index < -0.39 is 0 Å². The van der Waals surface area contributed by atoms with E-state index in [4.69, 9.17) is 4.74 Å². The standard InChI is InChI=1S/C28H31N3O4/c1-19-17-31(18-20(2)35-19)28(34)23-9-7-21(8-10-23)16-30-26(32)13-14-29-27(33)25-12-11-22-5-3-4-6-24(22)15-25/h3-12,15,19-20H,13-14,16-18H2,1-2H3,(H,29,33)(H,30,32). The van der Waals surface area contributed by atoms with E-state index >= 15 is 0 Å². The molecule has 0 radical (unpaired) electrons. The summed E-state index contributed by atoms with van der Waals surface area (Å²) >= 11 is 0. The van der Waals surface area contributed by atoms with Crippen molar-refractivity contribution in [2.45, 2.75) is 39.0 Å². The first-order valence-electron chi connectivity index (χ1n) is 12.0. The maximum atomic E-state index is 12.8. The van der Waals surface area contributed by atoms with Crippen molar-refractivity contribution in [3.8, 4) is 0 Å². The molecule has 7 heteroatoms. The second-order valence-corrected chi connectivity index (χ2v) is 9.01. The topological polar surface area (TPSA) is 87.7 Å². The number of nitrogens with one attached hydrogen (secondary N) is 2. The first kappa shape index (κ1) is 24.4. The monoisotopic (exact) mass is 473 g/mol. The molecule has 3 aromatic rings. The third kappa shape index (κ3) is 6.45. The van der Waals surface area contributed by atoms with E-state index in [1.807, 2.05) is 67.3 Å². The molecule has 3 amide bonds. The molecule has 2 unspecified atom stereocenters. The van der Waals surface area contributed by atoms with Crippen molar-refractivity contribution >= 4 is 28.5 Å². The molecule has 4 rings (SSSR count). The number of fused-ring (bicyclic) bond motifs is 1. The fraction of sp³-hybridized carbons (Fsp3) is 0.321. The molecular formula is C28H31N3O4. The zero-order chi connectivity index (χ0) is 24.8. The molecule has 1 fully saturated rings. The van der Waals surface area contributed by atoms with Gasteiger partial charge in [-0.25, -0.2) is 0 Å². The lowest BCUT2D eigenvalue weighted by Crippen LogP contribution is -2.48. The van der Waals surface area contributed by atoms with Gasteiger partial charge in [-0.1, -0.05) is 42.5 Å². The summed E-state index contributed by atoms with van der Waals surface area (Å²) in [6.45, 7) is 5.71. The number of rotatable bonds is 7. The lowest BCUT2D eigenvalue weighted by molar-refractivity contribution is -0.121. The molecule has 1 saturated heterocycles. The van der Waals surface area contributed by atoms with Crippen molar-refractivity contribution in [3.05, 3.63) is 83.4 Å². The molecule has 0 spiro atoms. The Morgan fingerprint density at radius 1 is 0.857 bits per heavy atom. The van der Waals surface area contributed by atoms with Crippen LogP contribution >= 0.6 is 0 Å². The van der Waals surface area contributed by atoms with Crippen molar-refractivity contribution in [1.82, 2.24) is 15.5 Å². The van der Waals surface area contributed by atoms with Crippen molar-refractivity contribution < 1.29 is 19.1 Å². The summed E-state index contributed by atoms with van der Waals surface area (Å²) in [5, 5.41) is 7.73. The quantitative estimate of drug-likeness (QED) is 0.550. The molecule has 3 aromatic carbocycles. The molecule has 2 atom stereocenters. The molecule has 1 heterocycles. The van der Waals surface area contributed by atoms with E-state index in [0.29, 0.717) is 30.8 Å². The number of morpholine rings is 1. The summed E-state index contributed by atoms with van der Waals surface area (Å²) in [5.41, 5.74) is 2.09. The van der Waals surface area contributed by atoms with Crippen LogP contribution in [0.15, 0.2) is 66.7 Å². The Hall–Kier alpha value is -3.71. The van der Waals surface area contributed by atoms with Crippen molar-refractivity contribution in [1.29, 1.82) is 0 Å². The predicted molar refractivity (Wildman–Crippen MR) is 135 cm³/mol. The van der Waals surface area contributed by atoms with Gasteiger partial charge in [0, 0.05) is 43.7 Å². The van der Waals surface area contributed by atoms with Gasteiger partial charge < -0.3 is 20.3 Å². The number of hydrogen-bond donors (Lipinski definition) is 2. The van der Waals surface area contributed by atoms with Crippen LogP contribution in [0.4, 0.5) is 0 Å². The van der Waals surface area contributed by atoms with Gasteiger partial charge in [0.15, 0.2) is 0 Å². The van der Waals surface area contributed by atoms with Crippen LogP contribution in [-0.2, 0) is 16.1 Å². The average Bonchev–Trinajstić information content (AvgIpc) is 2.86. The summed E-state index contributed by atoms with van der Waals surface area (Å²) in [5.74, 6) is -0.363. The molecular weight excluding hydrogens is 442 g/mol. The summed E-state index contributed by atoms with van der Waals surface area (Å²) < 4.78 is 5.70. The number of hydrogen-bond acceptors (Lipinski definition) is 4. The largest absolute Gasteiger partial charge is 0.372 e. The minimum atomic E-state index is -0.201. The van der Waals surface area contributed by atoms with Crippen LogP contribution in [0.2, 0.25) is 0 Å². The molecule has 182 valence electrons. The second-order valence-electron chi connectivity index (χ2n) is 9.01. The molecule has 0 aromatic heterocycles. The maximum absolute atomic E-state index is 12.8. The highest BCUT2D eigenvalue weighted by molar-refractivity contribution is 5.98. The van der Waals surface area contributed by atoms with Gasteiger partial charge in [0.25, 0.3) is 11.8 Å². The maximum Gasteiger partial charge on any atom is 0.254 e. The SMILES string of the molecule is CC1CN(C(=O)c2ccc(CNC(=O)CCNC(=O)c3ccc4ccccc4c3)cc2)CC(C)O1. The van der Waals surface area contributed by atoms with Gasteiger partial charge in [0.2, 0.25) is 5.91 Å². The highest BCUT2D eigenvalue weighted by atomic mass is 16.5. The van der Waals surface area contributed by atoms with E-state index in [1.54, 1.807) is 18.2 Å². The van der Waals surface area contributed by atoms with Crippen LogP contribution in [0.5, 0.6) is 0 Å². The van der Waals surface area contributed by atoms with Gasteiger partial charge in [-0.2, -0.15) is 0 Å². The van der Waals surface area contributed by atoms with Gasteiger partial charge in [0.05, 0.1) is 12.2 Å². The zero-order valence-electron chi connectivity index (χ0n) is 20.1. The number of carbonyl (C=O) groups is 3. The van der Waals surface area contributed by atoms with E-state index in [1.165, 1.54) is 0 Å². The van der Waals surface area contributed by atoms with Crippen LogP contribution in [-0.4, -0.2) is 54.5 Å². The fourth-order valence-electron chi connectivity index (χ4n) is 4.30. The number of carbonyl (C=O) groups excluding carboxylic acids is 3. The normalized spacial score (nSPS) is 17.7. The second kappa shape index (κ2) is 11.1. The van der Waals surface area contributed by atoms with Crippen LogP contribution in [0.1, 0.15) is 46.5 Å². The third-order valence-corrected chi connectivity index (χ3v) is 6.05. The average molecular weight is 474 g/mol. The van der Waals surface area contributed by atoms with Crippen LogP contribution in [0, 0.1) is 0 Å². The molecule has 1 aliphatic heterocycles. The lowest BCUT2D eigenvalue weighted by atomic mass is 10.1. The Bertz CT molecular complexity index is 1200. The molecule has 7 nitrogen and oxygen atoms in total. The Balaban J connectivity index is 1.20. The molecule has 0 saturated carbocycles. The number of ether oxygens (including phenoxy) is 1. The van der Waals surface area contributed by atoms with Gasteiger partial charge in [-0.05, 0) is 54.4 Å². The van der Waals surface area contributed by atoms with Gasteiger partial charge >= 0.3 is 0 Å². The van der Waals surface area contributed by atoms with Crippen LogP contribution in [0.3, 0.4) is 0 Å². The Kier molecular flexibility index (Phi) is 7.77. The minimum absolute atomic E-state index is 0.00950. The van der Waals surface area contributed by atoms with Gasteiger partial charge in [-0.3, -0.25) is 14.4 Å². The summed E-state index contributed by atoms with van der Waals surface area (Å²) in [6, 6.07) is 20.7. The summed E-state index contributed by atoms with van der Waals surface area (Å²) in [7, 11) is 0. The van der Waals surface area contributed by atoms with E-state index in [2.05, 4.69) is 10.6 Å². The molecule has 1 aliphatic rings. The van der Waals surface area contributed by atoms with Gasteiger partial charge in [-0.15, -0.1) is 0 Å². The Morgan fingerprint density at radius 2 is 1.51 bits per heavy atom. The van der Waals surface area contributed by atoms with E-state index in [-0.39, 0.29) is 42.9 Å². The molecule has 2 N–H and O–H groups in total. The Morgan fingerprint density at radius 3 is 2.23 bits per heavy atom. The molecule has 35 heavy (non-hydrogen) atoms. The van der Waals surface area contributed by atoms with Crippen molar-refractivity contribution in [2.75, 3.05) is 19.6 Å². The van der Waals surface area contributed by atoms with Gasteiger partial charge in [0.1, 0.15) is 0 Å². The molecule has 0 aliphatic carbocycles. The summed E-state index contributed by atoms with van der Waals surface area (Å²) in [4.78, 5) is 39.2. The van der Waals surface area contributed by atoms with Crippen molar-refractivity contribution in [2.24, 2.45) is 0 Å².